The maximum atomic E-state index is 3.65. The normalized spacial score (nSPS) is 37.9. The van der Waals surface area contributed by atoms with Gasteiger partial charge in [-0.2, -0.15) is 0 Å². The third-order valence-corrected chi connectivity index (χ3v) is 3.79. The van der Waals surface area contributed by atoms with Crippen LogP contribution in [0.1, 0.15) is 40.0 Å². The maximum Gasteiger partial charge on any atom is 0.0280 e. The van der Waals surface area contributed by atoms with E-state index in [0.717, 1.165) is 0 Å². The summed E-state index contributed by atoms with van der Waals surface area (Å²) in [6, 6.07) is 0. The third-order valence-electron chi connectivity index (χ3n) is 3.79. The second-order valence-electron chi connectivity index (χ2n) is 6.22. The Hall–Kier alpha value is -0.0800. The first-order chi connectivity index (χ1) is 6.49. The number of likely N-dealkylation sites (tertiary alicyclic amines) is 1. The Morgan fingerprint density at radius 2 is 2.00 bits per heavy atom. The lowest BCUT2D eigenvalue weighted by atomic mass is 9.93. The van der Waals surface area contributed by atoms with Gasteiger partial charge in [-0.3, -0.25) is 0 Å². The minimum atomic E-state index is 0.403. The van der Waals surface area contributed by atoms with E-state index in [2.05, 4.69) is 31.0 Å². The molecule has 2 heteroatoms. The molecule has 0 amide bonds. The molecule has 0 radical (unpaired) electrons. The molecule has 1 atom stereocenters. The van der Waals surface area contributed by atoms with Crippen LogP contribution in [-0.2, 0) is 0 Å². The smallest absolute Gasteiger partial charge is 0.0280 e. The molecule has 1 unspecified atom stereocenters. The van der Waals surface area contributed by atoms with Crippen LogP contribution in [0.3, 0.4) is 0 Å². The van der Waals surface area contributed by atoms with Crippen molar-refractivity contribution in [3.05, 3.63) is 0 Å². The van der Waals surface area contributed by atoms with E-state index in [1.165, 1.54) is 45.4 Å². The summed E-state index contributed by atoms with van der Waals surface area (Å²) in [6.45, 7) is 12.2. The molecule has 14 heavy (non-hydrogen) atoms. The quantitative estimate of drug-likeness (QED) is 0.725. The Morgan fingerprint density at radius 1 is 1.21 bits per heavy atom. The fraction of sp³-hybridized carbons (Fsp3) is 1.00. The predicted octanol–water partition coefficient (Wildman–Crippen LogP) is 1.86. The van der Waals surface area contributed by atoms with Crippen molar-refractivity contribution in [3.63, 3.8) is 0 Å². The molecule has 0 spiro atoms. The largest absolute Gasteiger partial charge is 0.310 e. The Kier molecular flexibility index (Phi) is 2.61. The van der Waals surface area contributed by atoms with Gasteiger partial charge in [0.25, 0.3) is 0 Å². The van der Waals surface area contributed by atoms with Gasteiger partial charge in [0.15, 0.2) is 0 Å². The summed E-state index contributed by atoms with van der Waals surface area (Å²) in [4.78, 5) is 2.64. The lowest BCUT2D eigenvalue weighted by molar-refractivity contribution is 0.220. The van der Waals surface area contributed by atoms with Gasteiger partial charge in [-0.15, -0.1) is 0 Å². The summed E-state index contributed by atoms with van der Waals surface area (Å²) in [5.41, 5.74) is 0.954. The van der Waals surface area contributed by atoms with Crippen LogP contribution in [0.15, 0.2) is 0 Å². The predicted molar refractivity (Wildman–Crippen MR) is 60.5 cm³/mol. The topological polar surface area (TPSA) is 15.3 Å². The van der Waals surface area contributed by atoms with Gasteiger partial charge in [-0.25, -0.2) is 0 Å². The van der Waals surface area contributed by atoms with Crippen molar-refractivity contribution in [1.82, 2.24) is 10.2 Å². The highest BCUT2D eigenvalue weighted by molar-refractivity contribution is 4.94. The monoisotopic (exact) mass is 196 g/mol. The molecule has 0 saturated carbocycles. The SMILES string of the molecule is CC1(C)CCN(CC2(C)CCCN2)C1. The van der Waals surface area contributed by atoms with E-state index in [1.54, 1.807) is 0 Å². The van der Waals surface area contributed by atoms with Crippen LogP contribution in [-0.4, -0.2) is 36.6 Å². The Balaban J connectivity index is 1.86. The first-order valence-corrected chi connectivity index (χ1v) is 5.97. The van der Waals surface area contributed by atoms with E-state index in [1.807, 2.05) is 0 Å². The molecule has 2 aliphatic rings. The van der Waals surface area contributed by atoms with E-state index in [9.17, 15) is 0 Å². The molecule has 1 N–H and O–H groups in total. The Morgan fingerprint density at radius 3 is 2.50 bits per heavy atom. The summed E-state index contributed by atoms with van der Waals surface area (Å²) in [6.07, 6.45) is 4.07. The number of nitrogens with one attached hydrogen (secondary N) is 1. The summed E-state index contributed by atoms with van der Waals surface area (Å²) in [7, 11) is 0. The van der Waals surface area contributed by atoms with Gasteiger partial charge < -0.3 is 10.2 Å². The molecular formula is C12H24N2. The summed E-state index contributed by atoms with van der Waals surface area (Å²) in [5, 5.41) is 3.65. The third kappa shape index (κ3) is 2.29. The summed E-state index contributed by atoms with van der Waals surface area (Å²) >= 11 is 0. The molecule has 2 aliphatic heterocycles. The van der Waals surface area contributed by atoms with Gasteiger partial charge in [-0.1, -0.05) is 13.8 Å². The van der Waals surface area contributed by atoms with Crippen molar-refractivity contribution in [2.45, 2.75) is 45.6 Å². The number of rotatable bonds is 2. The highest BCUT2D eigenvalue weighted by Crippen LogP contribution is 2.31. The van der Waals surface area contributed by atoms with Crippen molar-refractivity contribution >= 4 is 0 Å². The zero-order chi connectivity index (χ0) is 10.2. The first kappa shape index (κ1) is 10.4. The lowest BCUT2D eigenvalue weighted by Crippen LogP contribution is -2.47. The van der Waals surface area contributed by atoms with Crippen LogP contribution in [0.25, 0.3) is 0 Å². The van der Waals surface area contributed by atoms with Gasteiger partial charge in [0.05, 0.1) is 0 Å². The van der Waals surface area contributed by atoms with Gasteiger partial charge in [-0.05, 0) is 44.7 Å². The number of hydrogen-bond donors (Lipinski definition) is 1. The van der Waals surface area contributed by atoms with E-state index in [-0.39, 0.29) is 0 Å². The summed E-state index contributed by atoms with van der Waals surface area (Å²) in [5.74, 6) is 0. The minimum Gasteiger partial charge on any atom is -0.310 e. The molecular weight excluding hydrogens is 172 g/mol. The van der Waals surface area contributed by atoms with Crippen molar-refractivity contribution in [2.75, 3.05) is 26.2 Å². The zero-order valence-electron chi connectivity index (χ0n) is 9.90. The molecule has 82 valence electrons. The fourth-order valence-corrected chi connectivity index (χ4v) is 2.94. The highest BCUT2D eigenvalue weighted by Gasteiger charge is 2.35. The van der Waals surface area contributed by atoms with Crippen LogP contribution < -0.4 is 5.32 Å². The molecule has 0 aromatic rings. The molecule has 2 nitrogen and oxygen atoms in total. The van der Waals surface area contributed by atoms with E-state index in [0.29, 0.717) is 11.0 Å². The second-order valence-corrected chi connectivity index (χ2v) is 6.22. The molecule has 2 heterocycles. The number of hydrogen-bond acceptors (Lipinski definition) is 2. The molecule has 2 saturated heterocycles. The summed E-state index contributed by atoms with van der Waals surface area (Å²) < 4.78 is 0. The molecule has 2 fully saturated rings. The van der Waals surface area contributed by atoms with Crippen LogP contribution in [0.2, 0.25) is 0 Å². The maximum absolute atomic E-state index is 3.65. The number of nitrogens with zero attached hydrogens (tertiary/aromatic N) is 1. The van der Waals surface area contributed by atoms with Gasteiger partial charge in [0.2, 0.25) is 0 Å². The van der Waals surface area contributed by atoms with Gasteiger partial charge >= 0.3 is 0 Å². The van der Waals surface area contributed by atoms with Crippen molar-refractivity contribution in [2.24, 2.45) is 5.41 Å². The second kappa shape index (κ2) is 3.49. The Bertz CT molecular complexity index is 204. The molecule has 2 rings (SSSR count). The average molecular weight is 196 g/mol. The first-order valence-electron chi connectivity index (χ1n) is 5.97. The lowest BCUT2D eigenvalue weighted by Gasteiger charge is -2.31. The van der Waals surface area contributed by atoms with Crippen LogP contribution in [0, 0.1) is 5.41 Å². The molecule has 0 aliphatic carbocycles. The standard InChI is InChI=1S/C12H24N2/c1-11(2)6-8-14(9-11)10-12(3)5-4-7-13-12/h13H,4-10H2,1-3H3. The minimum absolute atomic E-state index is 0.403. The van der Waals surface area contributed by atoms with E-state index >= 15 is 0 Å². The van der Waals surface area contributed by atoms with Crippen LogP contribution >= 0.6 is 0 Å². The average Bonchev–Trinajstić information content (AvgIpc) is 2.59. The van der Waals surface area contributed by atoms with Crippen LogP contribution in [0.4, 0.5) is 0 Å². The zero-order valence-corrected chi connectivity index (χ0v) is 9.90. The van der Waals surface area contributed by atoms with Crippen molar-refractivity contribution in [3.8, 4) is 0 Å². The molecule has 0 aromatic carbocycles. The highest BCUT2D eigenvalue weighted by atomic mass is 15.2. The van der Waals surface area contributed by atoms with E-state index in [4.69, 9.17) is 0 Å². The van der Waals surface area contributed by atoms with Gasteiger partial charge in [0, 0.05) is 18.6 Å². The molecule has 0 bridgehead atoms. The van der Waals surface area contributed by atoms with Crippen molar-refractivity contribution < 1.29 is 0 Å². The van der Waals surface area contributed by atoms with E-state index < -0.39 is 0 Å². The van der Waals surface area contributed by atoms with Crippen LogP contribution in [0.5, 0.6) is 0 Å². The Labute approximate surface area is 88.1 Å². The fourth-order valence-electron chi connectivity index (χ4n) is 2.94. The van der Waals surface area contributed by atoms with Crippen molar-refractivity contribution in [1.29, 1.82) is 0 Å². The molecule has 0 aromatic heterocycles. The van der Waals surface area contributed by atoms with Gasteiger partial charge in [0.1, 0.15) is 0 Å².